The molecule has 0 aliphatic carbocycles. The molecule has 2 aromatic carbocycles. The third kappa shape index (κ3) is 3.57. The molecule has 0 spiro atoms. The summed E-state index contributed by atoms with van der Waals surface area (Å²) in [5.74, 6) is 1.18. The summed E-state index contributed by atoms with van der Waals surface area (Å²) in [4.78, 5) is 32.5. The van der Waals surface area contributed by atoms with E-state index in [1.54, 1.807) is 11.6 Å². The van der Waals surface area contributed by atoms with Gasteiger partial charge in [0.05, 0.1) is 19.6 Å². The van der Waals surface area contributed by atoms with E-state index >= 15 is 0 Å². The van der Waals surface area contributed by atoms with Crippen LogP contribution in [-0.4, -0.2) is 20.7 Å². The molecule has 7 nitrogen and oxygen atoms in total. The lowest BCUT2D eigenvalue weighted by Gasteiger charge is -2.27. The lowest BCUT2D eigenvalue weighted by atomic mass is 10.1. The molecule has 0 saturated carbocycles. The number of fused-ring (bicyclic) bond motifs is 3. The fourth-order valence-corrected chi connectivity index (χ4v) is 4.93. The average Bonchev–Trinajstić information content (AvgIpc) is 3.15. The lowest BCUT2D eigenvalue weighted by molar-refractivity contribution is -0.669. The predicted molar refractivity (Wildman–Crippen MR) is 130 cm³/mol. The van der Waals surface area contributed by atoms with E-state index < -0.39 is 0 Å². The third-order valence-electron chi connectivity index (χ3n) is 6.50. The molecule has 3 heterocycles. The number of rotatable bonds is 3. The van der Waals surface area contributed by atoms with Crippen molar-refractivity contribution in [1.82, 2.24) is 14.1 Å². The highest BCUT2D eigenvalue weighted by atomic mass is 16.2. The van der Waals surface area contributed by atoms with E-state index in [4.69, 9.17) is 0 Å². The number of aromatic amines is 1. The highest BCUT2D eigenvalue weighted by Crippen LogP contribution is 2.29. The van der Waals surface area contributed by atoms with Crippen molar-refractivity contribution in [2.24, 2.45) is 13.0 Å². The zero-order valence-electron chi connectivity index (χ0n) is 19.8. The van der Waals surface area contributed by atoms with Crippen LogP contribution in [0.5, 0.6) is 0 Å². The van der Waals surface area contributed by atoms with Crippen molar-refractivity contribution in [1.29, 1.82) is 0 Å². The molecular weight excluding hydrogens is 414 g/mol. The van der Waals surface area contributed by atoms with Gasteiger partial charge in [-0.3, -0.25) is 13.9 Å². The quantitative estimate of drug-likeness (QED) is 0.494. The van der Waals surface area contributed by atoms with Crippen molar-refractivity contribution < 1.29 is 4.57 Å². The van der Waals surface area contributed by atoms with Crippen molar-refractivity contribution in [3.05, 3.63) is 85.6 Å². The van der Waals surface area contributed by atoms with Gasteiger partial charge >= 0.3 is 11.6 Å². The molecule has 1 N–H and O–H groups in total. The zero-order valence-corrected chi connectivity index (χ0v) is 19.8. The van der Waals surface area contributed by atoms with Gasteiger partial charge in [-0.2, -0.15) is 0 Å². The standard InChI is InChI=1S/C26H29N5O2/c1-16-6-8-20(9-7-16)15-31-24(32)22-23(28(5)26(31)33)27-25-29(13-19(4)14-30(22)25)21-11-17(2)10-18(3)12-21/h6-12,19H,13-15H2,1-5H3/p+1/t19-/m0/s1. The Labute approximate surface area is 192 Å². The summed E-state index contributed by atoms with van der Waals surface area (Å²) in [6.07, 6.45) is 0. The maximum Gasteiger partial charge on any atom is 0.364 e. The normalized spacial score (nSPS) is 15.8. The van der Waals surface area contributed by atoms with Gasteiger partial charge in [0.25, 0.3) is 5.56 Å². The summed E-state index contributed by atoms with van der Waals surface area (Å²) in [7, 11) is 1.73. The molecule has 7 heteroatoms. The first-order valence-corrected chi connectivity index (χ1v) is 11.4. The number of anilines is 2. The highest BCUT2D eigenvalue weighted by Gasteiger charge is 2.36. The van der Waals surface area contributed by atoms with Crippen molar-refractivity contribution in [3.8, 4) is 0 Å². The Morgan fingerprint density at radius 3 is 2.33 bits per heavy atom. The van der Waals surface area contributed by atoms with Crippen LogP contribution >= 0.6 is 0 Å². The summed E-state index contributed by atoms with van der Waals surface area (Å²) in [5.41, 5.74) is 6.07. The monoisotopic (exact) mass is 444 g/mol. The molecule has 2 aromatic heterocycles. The first-order valence-electron chi connectivity index (χ1n) is 11.4. The lowest BCUT2D eigenvalue weighted by Crippen LogP contribution is -2.52. The number of nitrogens with zero attached hydrogens (tertiary/aromatic N) is 4. The predicted octanol–water partition coefficient (Wildman–Crippen LogP) is 3.08. The molecule has 0 unspecified atom stereocenters. The smallest absolute Gasteiger partial charge is 0.267 e. The average molecular weight is 445 g/mol. The van der Waals surface area contributed by atoms with Crippen LogP contribution < -0.4 is 20.7 Å². The van der Waals surface area contributed by atoms with Gasteiger partial charge < -0.3 is 0 Å². The van der Waals surface area contributed by atoms with E-state index in [1.807, 2.05) is 31.2 Å². The number of imidazole rings is 1. The number of aryl methyl sites for hydroxylation is 4. The Hall–Kier alpha value is -3.61. The van der Waals surface area contributed by atoms with Gasteiger partial charge in [-0.25, -0.2) is 19.2 Å². The molecule has 0 bridgehead atoms. The van der Waals surface area contributed by atoms with Gasteiger partial charge in [0.15, 0.2) is 0 Å². The molecule has 0 amide bonds. The van der Waals surface area contributed by atoms with Crippen molar-refractivity contribution in [2.45, 2.75) is 40.8 Å². The minimum atomic E-state index is -0.321. The Bertz CT molecular complexity index is 1470. The molecule has 0 fully saturated rings. The summed E-state index contributed by atoms with van der Waals surface area (Å²) in [5, 5.41) is 0. The second-order valence-electron chi connectivity index (χ2n) is 9.54. The second kappa shape index (κ2) is 7.76. The zero-order chi connectivity index (χ0) is 23.4. The van der Waals surface area contributed by atoms with E-state index in [0.29, 0.717) is 23.6 Å². The number of hydrogen-bond donors (Lipinski definition) is 1. The molecule has 0 radical (unpaired) electrons. The summed E-state index contributed by atoms with van der Waals surface area (Å²) < 4.78 is 4.95. The molecule has 170 valence electrons. The highest BCUT2D eigenvalue weighted by molar-refractivity contribution is 5.70. The van der Waals surface area contributed by atoms with Crippen LogP contribution in [0.3, 0.4) is 0 Å². The van der Waals surface area contributed by atoms with Crippen LogP contribution in [0.15, 0.2) is 52.1 Å². The third-order valence-corrected chi connectivity index (χ3v) is 6.50. The Balaban J connectivity index is 1.72. The number of H-pyrrole nitrogens is 1. The van der Waals surface area contributed by atoms with Gasteiger partial charge in [0.2, 0.25) is 11.2 Å². The van der Waals surface area contributed by atoms with Crippen LogP contribution in [0.25, 0.3) is 11.2 Å². The van der Waals surface area contributed by atoms with Gasteiger partial charge in [0, 0.05) is 13.0 Å². The molecule has 0 saturated heterocycles. The van der Waals surface area contributed by atoms with Crippen LogP contribution in [0.2, 0.25) is 0 Å². The van der Waals surface area contributed by atoms with Gasteiger partial charge in [0.1, 0.15) is 5.69 Å². The van der Waals surface area contributed by atoms with Gasteiger partial charge in [-0.15, -0.1) is 0 Å². The maximum absolute atomic E-state index is 13.7. The topological polar surface area (TPSA) is 66.9 Å². The van der Waals surface area contributed by atoms with E-state index in [2.05, 4.69) is 53.4 Å². The number of aromatic nitrogens is 4. The molecule has 4 aromatic rings. The molecule has 33 heavy (non-hydrogen) atoms. The SMILES string of the molecule is Cc1ccc(Cn2c(=O)c3c([nH]c4[n+]3C[C@@H](C)CN4c3cc(C)cc(C)c3)n(C)c2=O)cc1. The van der Waals surface area contributed by atoms with Crippen LogP contribution in [0.1, 0.15) is 29.2 Å². The Kier molecular flexibility index (Phi) is 5.00. The van der Waals surface area contributed by atoms with E-state index in [0.717, 1.165) is 29.3 Å². The minimum Gasteiger partial charge on any atom is -0.267 e. The number of benzene rings is 2. The summed E-state index contributed by atoms with van der Waals surface area (Å²) >= 11 is 0. The van der Waals surface area contributed by atoms with Crippen LogP contribution in [0.4, 0.5) is 11.6 Å². The van der Waals surface area contributed by atoms with E-state index in [1.165, 1.54) is 15.7 Å². The maximum atomic E-state index is 13.7. The summed E-state index contributed by atoms with van der Waals surface area (Å²) in [6, 6.07) is 14.4. The Morgan fingerprint density at radius 2 is 1.67 bits per heavy atom. The Morgan fingerprint density at radius 1 is 1.00 bits per heavy atom. The minimum absolute atomic E-state index is 0.249. The molecule has 5 rings (SSSR count). The fraction of sp³-hybridized carbons (Fsp3) is 0.346. The first kappa shape index (κ1) is 21.2. The molecule has 1 aliphatic rings. The van der Waals surface area contributed by atoms with E-state index in [9.17, 15) is 9.59 Å². The summed E-state index contributed by atoms with van der Waals surface area (Å²) in [6.45, 7) is 10.2. The van der Waals surface area contributed by atoms with Crippen LogP contribution in [-0.2, 0) is 20.1 Å². The van der Waals surface area contributed by atoms with Gasteiger partial charge in [-0.1, -0.05) is 42.8 Å². The number of hydrogen-bond acceptors (Lipinski definition) is 3. The largest absolute Gasteiger partial charge is 0.364 e. The molecule has 1 aliphatic heterocycles. The van der Waals surface area contributed by atoms with Crippen molar-refractivity contribution in [3.63, 3.8) is 0 Å². The molecule has 1 atom stereocenters. The van der Waals surface area contributed by atoms with Crippen molar-refractivity contribution >= 4 is 22.8 Å². The van der Waals surface area contributed by atoms with E-state index in [-0.39, 0.29) is 17.8 Å². The first-order chi connectivity index (χ1) is 15.7. The fourth-order valence-electron chi connectivity index (χ4n) is 4.93. The second-order valence-corrected chi connectivity index (χ2v) is 9.54. The number of nitrogens with one attached hydrogen (secondary N) is 1. The van der Waals surface area contributed by atoms with Crippen LogP contribution in [0, 0.1) is 26.7 Å². The van der Waals surface area contributed by atoms with Gasteiger partial charge in [-0.05, 0) is 49.6 Å². The van der Waals surface area contributed by atoms with Crippen molar-refractivity contribution in [2.75, 3.05) is 11.4 Å². The molecular formula is C26H30N5O2+.